The molecule has 2 amide bonds. The van der Waals surface area contributed by atoms with Crippen molar-refractivity contribution < 1.29 is 14.7 Å². The third kappa shape index (κ3) is 5.06. The maximum Gasteiger partial charge on any atom is 0.326 e. The van der Waals surface area contributed by atoms with Crippen LogP contribution in [0.5, 0.6) is 0 Å². The van der Waals surface area contributed by atoms with Crippen LogP contribution in [0.3, 0.4) is 0 Å². The average Bonchev–Trinajstić information content (AvgIpc) is 2.24. The minimum absolute atomic E-state index is 0.524. The van der Waals surface area contributed by atoms with Gasteiger partial charge in [-0.15, -0.1) is 0 Å². The third-order valence-electron chi connectivity index (χ3n) is 2.47. The molecule has 0 aliphatic carbocycles. The largest absolute Gasteiger partial charge is 0.480 e. The van der Waals surface area contributed by atoms with Crippen molar-refractivity contribution >= 4 is 40.3 Å². The summed E-state index contributed by atoms with van der Waals surface area (Å²) < 4.78 is 0.987. The molecular formula is C13H17IN2O3. The number of anilines is 1. The highest BCUT2D eigenvalue weighted by molar-refractivity contribution is 14.1. The number of amides is 2. The summed E-state index contributed by atoms with van der Waals surface area (Å²) in [6, 6.07) is 5.79. The molecule has 0 radical (unpaired) electrons. The quantitative estimate of drug-likeness (QED) is 0.710. The van der Waals surface area contributed by atoms with Crippen molar-refractivity contribution in [3.63, 3.8) is 0 Å². The van der Waals surface area contributed by atoms with Crippen LogP contribution in [0.2, 0.25) is 0 Å². The molecular weight excluding hydrogens is 359 g/mol. The smallest absolute Gasteiger partial charge is 0.326 e. The summed E-state index contributed by atoms with van der Waals surface area (Å²) in [6.45, 7) is 5.28. The minimum Gasteiger partial charge on any atom is -0.480 e. The van der Waals surface area contributed by atoms with E-state index in [1.165, 1.54) is 0 Å². The Morgan fingerprint density at radius 1 is 1.32 bits per heavy atom. The van der Waals surface area contributed by atoms with Gasteiger partial charge in [0.1, 0.15) is 6.04 Å². The lowest BCUT2D eigenvalue weighted by molar-refractivity contribution is -0.141. The van der Waals surface area contributed by atoms with Crippen molar-refractivity contribution in [2.24, 2.45) is 5.41 Å². The van der Waals surface area contributed by atoms with Gasteiger partial charge in [0.15, 0.2) is 0 Å². The number of nitrogens with one attached hydrogen (secondary N) is 2. The van der Waals surface area contributed by atoms with Gasteiger partial charge in [0.25, 0.3) is 0 Å². The first-order chi connectivity index (χ1) is 8.70. The van der Waals surface area contributed by atoms with Crippen molar-refractivity contribution in [2.45, 2.75) is 26.8 Å². The van der Waals surface area contributed by atoms with Crippen molar-refractivity contribution in [2.75, 3.05) is 5.32 Å². The normalized spacial score (nSPS) is 12.6. The molecule has 0 fully saturated rings. The van der Waals surface area contributed by atoms with Crippen LogP contribution in [-0.2, 0) is 4.79 Å². The summed E-state index contributed by atoms with van der Waals surface area (Å²) in [7, 11) is 0. The highest BCUT2D eigenvalue weighted by Gasteiger charge is 2.32. The fraction of sp³-hybridized carbons (Fsp3) is 0.385. The molecule has 0 saturated heterocycles. The Bertz CT molecular complexity index is 483. The van der Waals surface area contributed by atoms with Gasteiger partial charge in [-0.2, -0.15) is 0 Å². The van der Waals surface area contributed by atoms with Crippen molar-refractivity contribution in [1.29, 1.82) is 0 Å². The molecule has 0 spiro atoms. The van der Waals surface area contributed by atoms with E-state index in [-0.39, 0.29) is 0 Å². The summed E-state index contributed by atoms with van der Waals surface area (Å²) in [6.07, 6.45) is 0. The van der Waals surface area contributed by atoms with Crippen molar-refractivity contribution in [3.8, 4) is 0 Å². The SMILES string of the molecule is CC(C)(C)[C@@H](NC(=O)Nc1cccc(I)c1)C(=O)O. The van der Waals surface area contributed by atoms with Gasteiger partial charge in [-0.3, -0.25) is 0 Å². The molecule has 104 valence electrons. The maximum absolute atomic E-state index is 11.8. The van der Waals surface area contributed by atoms with Crippen LogP contribution in [0.1, 0.15) is 20.8 Å². The van der Waals surface area contributed by atoms with Gasteiger partial charge in [-0.25, -0.2) is 9.59 Å². The predicted molar refractivity (Wildman–Crippen MR) is 82.2 cm³/mol. The Balaban J connectivity index is 2.71. The topological polar surface area (TPSA) is 78.4 Å². The highest BCUT2D eigenvalue weighted by atomic mass is 127. The zero-order valence-corrected chi connectivity index (χ0v) is 13.2. The molecule has 1 rings (SSSR count). The standard InChI is InChI=1S/C13H17IN2O3/c1-13(2,3)10(11(17)18)16-12(19)15-9-6-4-5-8(14)7-9/h4-7,10H,1-3H3,(H,17,18)(H2,15,16,19)/t10-/m0/s1. The molecule has 0 aliphatic heterocycles. The van der Waals surface area contributed by atoms with E-state index in [1.54, 1.807) is 32.9 Å². The van der Waals surface area contributed by atoms with Gasteiger partial charge >= 0.3 is 12.0 Å². The van der Waals surface area contributed by atoms with E-state index in [0.29, 0.717) is 5.69 Å². The van der Waals surface area contributed by atoms with Crippen LogP contribution in [0.15, 0.2) is 24.3 Å². The summed E-state index contributed by atoms with van der Waals surface area (Å²) in [5.74, 6) is -1.05. The van der Waals surface area contributed by atoms with Gasteiger partial charge in [0.05, 0.1) is 0 Å². The Kier molecular flexibility index (Phi) is 5.16. The number of carboxylic acid groups (broad SMARTS) is 1. The Labute approximate surface area is 125 Å². The van der Waals surface area contributed by atoms with Crippen LogP contribution < -0.4 is 10.6 Å². The summed E-state index contributed by atoms with van der Waals surface area (Å²) in [5, 5.41) is 14.2. The molecule has 0 saturated carbocycles. The lowest BCUT2D eigenvalue weighted by atomic mass is 9.87. The molecule has 0 unspecified atom stereocenters. The number of carboxylic acids is 1. The van der Waals surface area contributed by atoms with E-state index >= 15 is 0 Å². The second-order valence-corrected chi connectivity index (χ2v) is 6.49. The first-order valence-electron chi connectivity index (χ1n) is 5.76. The molecule has 1 aromatic carbocycles. The van der Waals surface area contributed by atoms with Crippen LogP contribution >= 0.6 is 22.6 Å². The Morgan fingerprint density at radius 3 is 2.42 bits per heavy atom. The second kappa shape index (κ2) is 6.23. The van der Waals surface area contributed by atoms with E-state index in [9.17, 15) is 9.59 Å². The highest BCUT2D eigenvalue weighted by Crippen LogP contribution is 2.19. The average molecular weight is 376 g/mol. The molecule has 0 bridgehead atoms. The number of rotatable bonds is 3. The number of urea groups is 1. The number of hydrogen-bond donors (Lipinski definition) is 3. The van der Waals surface area contributed by atoms with E-state index in [4.69, 9.17) is 5.11 Å². The molecule has 0 heterocycles. The zero-order valence-electron chi connectivity index (χ0n) is 11.0. The lowest BCUT2D eigenvalue weighted by Crippen LogP contribution is -2.50. The van der Waals surface area contributed by atoms with Crippen LogP contribution in [0.4, 0.5) is 10.5 Å². The molecule has 0 aromatic heterocycles. The third-order valence-corrected chi connectivity index (χ3v) is 3.14. The van der Waals surface area contributed by atoms with Crippen LogP contribution in [-0.4, -0.2) is 23.1 Å². The van der Waals surface area contributed by atoms with Crippen molar-refractivity contribution in [1.82, 2.24) is 5.32 Å². The first kappa shape index (κ1) is 15.7. The number of carbonyl (C=O) groups excluding carboxylic acids is 1. The van der Waals surface area contributed by atoms with Gasteiger partial charge < -0.3 is 15.7 Å². The van der Waals surface area contributed by atoms with Crippen molar-refractivity contribution in [3.05, 3.63) is 27.8 Å². The van der Waals surface area contributed by atoms with Gasteiger partial charge in [0, 0.05) is 9.26 Å². The molecule has 0 aliphatic rings. The van der Waals surface area contributed by atoms with E-state index in [2.05, 4.69) is 33.2 Å². The monoisotopic (exact) mass is 376 g/mol. The molecule has 19 heavy (non-hydrogen) atoms. The first-order valence-corrected chi connectivity index (χ1v) is 6.84. The van der Waals surface area contributed by atoms with Gasteiger partial charge in [0.2, 0.25) is 0 Å². The Hall–Kier alpha value is -1.31. The zero-order chi connectivity index (χ0) is 14.6. The van der Waals surface area contributed by atoms with Gasteiger partial charge in [-0.05, 0) is 46.2 Å². The van der Waals surface area contributed by atoms with E-state index in [0.717, 1.165) is 3.57 Å². The number of halogens is 1. The number of hydrogen-bond acceptors (Lipinski definition) is 2. The van der Waals surface area contributed by atoms with Crippen LogP contribution in [0.25, 0.3) is 0 Å². The fourth-order valence-corrected chi connectivity index (χ4v) is 2.06. The fourth-order valence-electron chi connectivity index (χ4n) is 1.51. The van der Waals surface area contributed by atoms with E-state index < -0.39 is 23.5 Å². The summed E-state index contributed by atoms with van der Waals surface area (Å²) >= 11 is 2.14. The maximum atomic E-state index is 11.8. The Morgan fingerprint density at radius 2 is 1.95 bits per heavy atom. The summed E-state index contributed by atoms with van der Waals surface area (Å²) in [5.41, 5.74) is 0.0660. The number of benzene rings is 1. The molecule has 5 nitrogen and oxygen atoms in total. The minimum atomic E-state index is -1.05. The predicted octanol–water partition coefficient (Wildman–Crippen LogP) is 2.91. The molecule has 1 atom stereocenters. The van der Waals surface area contributed by atoms with Gasteiger partial charge in [-0.1, -0.05) is 26.8 Å². The molecule has 1 aromatic rings. The number of aliphatic carboxylic acids is 1. The number of carbonyl (C=O) groups is 2. The molecule has 6 heteroatoms. The van der Waals surface area contributed by atoms with Crippen LogP contribution in [0, 0.1) is 8.99 Å². The van der Waals surface area contributed by atoms with E-state index in [1.807, 2.05) is 12.1 Å². The lowest BCUT2D eigenvalue weighted by Gasteiger charge is -2.27. The molecule has 3 N–H and O–H groups in total. The second-order valence-electron chi connectivity index (χ2n) is 5.25. The summed E-state index contributed by atoms with van der Waals surface area (Å²) in [4.78, 5) is 22.9.